The largest absolute Gasteiger partial charge is 0.396 e. The molecular formula is C16H19NO3S. The molecule has 0 saturated carbocycles. The molecule has 4 nitrogen and oxygen atoms in total. The van der Waals surface area contributed by atoms with E-state index in [1.807, 2.05) is 6.92 Å². The van der Waals surface area contributed by atoms with E-state index >= 15 is 0 Å². The second-order valence-electron chi connectivity index (χ2n) is 4.47. The maximum absolute atomic E-state index is 12.5. The van der Waals surface area contributed by atoms with E-state index in [2.05, 4.69) is 17.8 Å². The Hall–Kier alpha value is -1.79. The standard InChI is InChI=1S/C16H19NO3S/c1-3-12-17(13-6-4-5-7-14-18)21(19,20)16-10-8-15(2)9-11-16/h1,8-11,18H,5,7,12-14H2,2H3. The Kier molecular flexibility index (Phi) is 6.98. The minimum atomic E-state index is -3.63. The van der Waals surface area contributed by atoms with Crippen molar-refractivity contribution in [1.29, 1.82) is 0 Å². The molecule has 1 aromatic carbocycles. The molecule has 0 aliphatic rings. The smallest absolute Gasteiger partial charge is 0.244 e. The Balaban J connectivity index is 2.90. The molecule has 0 heterocycles. The van der Waals surface area contributed by atoms with Gasteiger partial charge in [-0.1, -0.05) is 29.5 Å². The Bertz CT molecular complexity index is 645. The number of aliphatic hydroxyl groups excluding tert-OH is 1. The van der Waals surface area contributed by atoms with Crippen LogP contribution in [0.4, 0.5) is 0 Å². The van der Waals surface area contributed by atoms with E-state index < -0.39 is 10.0 Å². The van der Waals surface area contributed by atoms with Crippen molar-refractivity contribution in [3.8, 4) is 24.2 Å². The van der Waals surface area contributed by atoms with Crippen molar-refractivity contribution in [2.24, 2.45) is 0 Å². The number of rotatable bonds is 6. The van der Waals surface area contributed by atoms with E-state index in [1.165, 1.54) is 4.31 Å². The summed E-state index contributed by atoms with van der Waals surface area (Å²) in [4.78, 5) is 0.209. The molecule has 0 fully saturated rings. The first kappa shape index (κ1) is 17.3. The normalized spacial score (nSPS) is 10.8. The van der Waals surface area contributed by atoms with E-state index in [4.69, 9.17) is 11.5 Å². The Morgan fingerprint density at radius 3 is 2.43 bits per heavy atom. The van der Waals surface area contributed by atoms with Gasteiger partial charge in [0.2, 0.25) is 10.0 Å². The van der Waals surface area contributed by atoms with Crippen molar-refractivity contribution in [2.45, 2.75) is 24.7 Å². The Morgan fingerprint density at radius 2 is 1.86 bits per heavy atom. The molecule has 112 valence electrons. The van der Waals surface area contributed by atoms with Gasteiger partial charge in [-0.05, 0) is 25.5 Å². The number of aryl methyl sites for hydroxylation is 1. The lowest BCUT2D eigenvalue weighted by Crippen LogP contribution is -2.31. The van der Waals surface area contributed by atoms with Crippen molar-refractivity contribution < 1.29 is 13.5 Å². The average Bonchev–Trinajstić information content (AvgIpc) is 2.46. The number of nitrogens with zero attached hydrogens (tertiary/aromatic N) is 1. The van der Waals surface area contributed by atoms with E-state index in [1.54, 1.807) is 24.3 Å². The van der Waals surface area contributed by atoms with Gasteiger partial charge in [0.05, 0.1) is 18.0 Å². The SMILES string of the molecule is C#CCN(CC#CCCCO)S(=O)(=O)c1ccc(C)cc1. The molecule has 0 radical (unpaired) electrons. The number of hydrogen-bond donors (Lipinski definition) is 1. The molecule has 1 rings (SSSR count). The highest BCUT2D eigenvalue weighted by atomic mass is 32.2. The van der Waals surface area contributed by atoms with Gasteiger partial charge in [0.15, 0.2) is 0 Å². The fourth-order valence-corrected chi connectivity index (χ4v) is 2.84. The number of terminal acetylenes is 1. The van der Waals surface area contributed by atoms with Crippen LogP contribution in [0.1, 0.15) is 18.4 Å². The minimum Gasteiger partial charge on any atom is -0.396 e. The van der Waals surface area contributed by atoms with Crippen LogP contribution in [-0.4, -0.2) is 37.5 Å². The first-order valence-electron chi connectivity index (χ1n) is 6.59. The van der Waals surface area contributed by atoms with Gasteiger partial charge in [0.25, 0.3) is 0 Å². The average molecular weight is 305 g/mol. The summed E-state index contributed by atoms with van der Waals surface area (Å²) in [6, 6.07) is 6.61. The number of benzene rings is 1. The predicted octanol–water partition coefficient (Wildman–Crippen LogP) is 1.39. The quantitative estimate of drug-likeness (QED) is 0.638. The third-order valence-electron chi connectivity index (χ3n) is 2.77. The van der Waals surface area contributed by atoms with Crippen LogP contribution >= 0.6 is 0 Å². The Labute approximate surface area is 126 Å². The number of sulfonamides is 1. The lowest BCUT2D eigenvalue weighted by Gasteiger charge is -2.17. The zero-order valence-corrected chi connectivity index (χ0v) is 12.9. The summed E-state index contributed by atoms with van der Waals surface area (Å²) in [5, 5.41) is 8.66. The topological polar surface area (TPSA) is 57.6 Å². The molecule has 21 heavy (non-hydrogen) atoms. The first-order chi connectivity index (χ1) is 10.0. The van der Waals surface area contributed by atoms with Crippen molar-refractivity contribution in [3.63, 3.8) is 0 Å². The fraction of sp³-hybridized carbons (Fsp3) is 0.375. The maximum atomic E-state index is 12.5. The van der Waals surface area contributed by atoms with E-state index in [-0.39, 0.29) is 24.6 Å². The third kappa shape index (κ3) is 5.24. The molecule has 0 saturated heterocycles. The van der Waals surface area contributed by atoms with Gasteiger partial charge in [-0.15, -0.1) is 12.3 Å². The second-order valence-corrected chi connectivity index (χ2v) is 6.41. The monoisotopic (exact) mass is 305 g/mol. The van der Waals surface area contributed by atoms with Crippen molar-refractivity contribution in [2.75, 3.05) is 19.7 Å². The van der Waals surface area contributed by atoms with Gasteiger partial charge in [0.1, 0.15) is 0 Å². The van der Waals surface area contributed by atoms with Gasteiger partial charge in [-0.3, -0.25) is 0 Å². The molecule has 0 atom stereocenters. The zero-order chi connectivity index (χ0) is 15.7. The van der Waals surface area contributed by atoms with Crippen molar-refractivity contribution >= 4 is 10.0 Å². The lowest BCUT2D eigenvalue weighted by molar-refractivity contribution is 0.290. The molecule has 0 aromatic heterocycles. The summed E-state index contributed by atoms with van der Waals surface area (Å²) in [5.74, 6) is 7.95. The van der Waals surface area contributed by atoms with Crippen LogP contribution < -0.4 is 0 Å². The molecule has 0 aliphatic carbocycles. The molecule has 1 aromatic rings. The van der Waals surface area contributed by atoms with Crippen molar-refractivity contribution in [1.82, 2.24) is 4.31 Å². The highest BCUT2D eigenvalue weighted by molar-refractivity contribution is 7.89. The van der Waals surface area contributed by atoms with Crippen LogP contribution in [-0.2, 0) is 10.0 Å². The van der Waals surface area contributed by atoms with Gasteiger partial charge in [-0.2, -0.15) is 4.31 Å². The third-order valence-corrected chi connectivity index (χ3v) is 4.57. The lowest BCUT2D eigenvalue weighted by atomic mass is 10.2. The van der Waals surface area contributed by atoms with Crippen LogP contribution in [0.3, 0.4) is 0 Å². The molecule has 0 unspecified atom stereocenters. The molecule has 5 heteroatoms. The second kappa shape index (κ2) is 8.49. The van der Waals surface area contributed by atoms with E-state index in [0.29, 0.717) is 12.8 Å². The van der Waals surface area contributed by atoms with Crippen LogP contribution in [0.15, 0.2) is 29.2 Å². The van der Waals surface area contributed by atoms with Crippen LogP contribution in [0.2, 0.25) is 0 Å². The molecule has 1 N–H and O–H groups in total. The van der Waals surface area contributed by atoms with Gasteiger partial charge in [-0.25, -0.2) is 8.42 Å². The summed E-state index contributed by atoms with van der Waals surface area (Å²) in [5.41, 5.74) is 0.987. The van der Waals surface area contributed by atoms with Gasteiger partial charge < -0.3 is 5.11 Å². The highest BCUT2D eigenvalue weighted by Gasteiger charge is 2.22. The Morgan fingerprint density at radius 1 is 1.19 bits per heavy atom. The number of unbranched alkanes of at least 4 members (excludes halogenated alkanes) is 1. The number of hydrogen-bond acceptors (Lipinski definition) is 3. The highest BCUT2D eigenvalue weighted by Crippen LogP contribution is 2.15. The molecular weight excluding hydrogens is 286 g/mol. The predicted molar refractivity (Wildman–Crippen MR) is 82.9 cm³/mol. The zero-order valence-electron chi connectivity index (χ0n) is 12.0. The van der Waals surface area contributed by atoms with Crippen LogP contribution in [0.5, 0.6) is 0 Å². The van der Waals surface area contributed by atoms with Gasteiger partial charge >= 0.3 is 0 Å². The van der Waals surface area contributed by atoms with Crippen LogP contribution in [0, 0.1) is 31.1 Å². The minimum absolute atomic E-state index is 0.0229. The van der Waals surface area contributed by atoms with E-state index in [0.717, 1.165) is 5.56 Å². The molecule has 0 spiro atoms. The van der Waals surface area contributed by atoms with Crippen molar-refractivity contribution in [3.05, 3.63) is 29.8 Å². The molecule has 0 bridgehead atoms. The first-order valence-corrected chi connectivity index (χ1v) is 8.03. The summed E-state index contributed by atoms with van der Waals surface area (Å²) in [6.45, 7) is 1.99. The number of aliphatic hydroxyl groups is 1. The summed E-state index contributed by atoms with van der Waals surface area (Å²) in [6.07, 6.45) is 6.35. The molecule has 0 amide bonds. The summed E-state index contributed by atoms with van der Waals surface area (Å²) < 4.78 is 26.1. The fourth-order valence-electron chi connectivity index (χ4n) is 1.59. The van der Waals surface area contributed by atoms with Gasteiger partial charge in [0, 0.05) is 13.0 Å². The summed E-state index contributed by atoms with van der Waals surface area (Å²) in [7, 11) is -3.63. The van der Waals surface area contributed by atoms with E-state index in [9.17, 15) is 8.42 Å². The molecule has 0 aliphatic heterocycles. The summed E-state index contributed by atoms with van der Waals surface area (Å²) >= 11 is 0. The maximum Gasteiger partial charge on any atom is 0.244 e. The van der Waals surface area contributed by atoms with Crippen LogP contribution in [0.25, 0.3) is 0 Å².